The molecule has 1 aliphatic carbocycles. The summed E-state index contributed by atoms with van der Waals surface area (Å²) >= 11 is 0. The zero-order chi connectivity index (χ0) is 10.4. The topological polar surface area (TPSA) is 21.3 Å². The lowest BCUT2D eigenvalue weighted by Crippen LogP contribution is -2.40. The van der Waals surface area contributed by atoms with Crippen molar-refractivity contribution in [3.63, 3.8) is 0 Å². The molecule has 0 aromatic heterocycles. The average Bonchev–Trinajstić information content (AvgIpc) is 3.01. The van der Waals surface area contributed by atoms with Crippen LogP contribution in [0.4, 0.5) is 0 Å². The summed E-state index contributed by atoms with van der Waals surface area (Å²) in [5.41, 5.74) is 0. The maximum Gasteiger partial charge on any atom is 0.0752 e. The van der Waals surface area contributed by atoms with Gasteiger partial charge in [0.15, 0.2) is 0 Å². The van der Waals surface area contributed by atoms with Gasteiger partial charge in [-0.2, -0.15) is 0 Å². The molecule has 0 bridgehead atoms. The van der Waals surface area contributed by atoms with Gasteiger partial charge in [0.2, 0.25) is 0 Å². The zero-order valence-corrected chi connectivity index (χ0v) is 9.25. The molecule has 2 atom stereocenters. The standard InChI is InChI=1S/C12H21NO/c1-4-5-6-7-11(13-2)12(14-3)10-8-9-10/h1,10-13H,5-9H2,2-3H3. The van der Waals surface area contributed by atoms with Gasteiger partial charge in [-0.15, -0.1) is 12.3 Å². The first kappa shape index (κ1) is 11.6. The predicted octanol–water partition coefficient (Wildman–Crippen LogP) is 1.80. The largest absolute Gasteiger partial charge is 0.380 e. The molecular weight excluding hydrogens is 174 g/mol. The quantitative estimate of drug-likeness (QED) is 0.494. The first-order valence-corrected chi connectivity index (χ1v) is 5.47. The summed E-state index contributed by atoms with van der Waals surface area (Å²) < 4.78 is 5.54. The highest BCUT2D eigenvalue weighted by molar-refractivity contribution is 4.91. The van der Waals surface area contributed by atoms with E-state index in [9.17, 15) is 0 Å². The molecule has 0 spiro atoms. The Hall–Kier alpha value is -0.520. The lowest BCUT2D eigenvalue weighted by Gasteiger charge is -2.25. The molecule has 0 aromatic carbocycles. The Labute approximate surface area is 87.4 Å². The van der Waals surface area contributed by atoms with E-state index in [-0.39, 0.29) is 0 Å². The fourth-order valence-electron chi connectivity index (χ4n) is 2.01. The molecule has 0 aliphatic heterocycles. The first-order chi connectivity index (χ1) is 6.83. The Balaban J connectivity index is 2.30. The van der Waals surface area contributed by atoms with E-state index in [4.69, 9.17) is 11.2 Å². The number of nitrogens with one attached hydrogen (secondary N) is 1. The van der Waals surface area contributed by atoms with Crippen molar-refractivity contribution in [1.82, 2.24) is 5.32 Å². The fourth-order valence-corrected chi connectivity index (χ4v) is 2.01. The van der Waals surface area contributed by atoms with Crippen molar-refractivity contribution < 1.29 is 4.74 Å². The number of methoxy groups -OCH3 is 1. The highest BCUT2D eigenvalue weighted by Gasteiger charge is 2.35. The normalized spacial score (nSPS) is 20.1. The molecule has 0 amide bonds. The van der Waals surface area contributed by atoms with Crippen LogP contribution in [-0.4, -0.2) is 26.3 Å². The van der Waals surface area contributed by atoms with Crippen molar-refractivity contribution >= 4 is 0 Å². The van der Waals surface area contributed by atoms with Gasteiger partial charge in [0.1, 0.15) is 0 Å². The number of rotatable bonds is 7. The molecule has 1 N–H and O–H groups in total. The SMILES string of the molecule is C#CCCCC(NC)C(OC)C1CC1. The third-order valence-electron chi connectivity index (χ3n) is 2.96. The van der Waals surface area contributed by atoms with E-state index in [1.54, 1.807) is 0 Å². The van der Waals surface area contributed by atoms with Crippen LogP contribution in [0.15, 0.2) is 0 Å². The summed E-state index contributed by atoms with van der Waals surface area (Å²) in [6.45, 7) is 0. The second kappa shape index (κ2) is 6.06. The van der Waals surface area contributed by atoms with Crippen LogP contribution < -0.4 is 5.32 Å². The maximum absolute atomic E-state index is 5.54. The van der Waals surface area contributed by atoms with Gasteiger partial charge in [-0.25, -0.2) is 0 Å². The maximum atomic E-state index is 5.54. The van der Waals surface area contributed by atoms with E-state index in [0.717, 1.165) is 25.2 Å². The Morgan fingerprint density at radius 3 is 2.71 bits per heavy atom. The molecule has 0 saturated heterocycles. The van der Waals surface area contributed by atoms with Gasteiger partial charge in [-0.3, -0.25) is 0 Å². The summed E-state index contributed by atoms with van der Waals surface area (Å²) in [5.74, 6) is 3.46. The number of ether oxygens (including phenoxy) is 1. The van der Waals surface area contributed by atoms with Crippen molar-refractivity contribution in [1.29, 1.82) is 0 Å². The molecule has 1 aliphatic rings. The average molecular weight is 195 g/mol. The smallest absolute Gasteiger partial charge is 0.0752 e. The molecule has 1 rings (SSSR count). The zero-order valence-electron chi connectivity index (χ0n) is 9.25. The molecule has 2 nitrogen and oxygen atoms in total. The number of likely N-dealkylation sites (N-methyl/N-ethyl adjacent to an activating group) is 1. The highest BCUT2D eigenvalue weighted by Crippen LogP contribution is 2.36. The lowest BCUT2D eigenvalue weighted by atomic mass is 10.0. The summed E-state index contributed by atoms with van der Waals surface area (Å²) in [7, 11) is 3.82. The van der Waals surface area contributed by atoms with E-state index < -0.39 is 0 Å². The molecule has 2 heteroatoms. The van der Waals surface area contributed by atoms with E-state index in [1.807, 2.05) is 14.2 Å². The molecule has 0 aromatic rings. The molecule has 2 unspecified atom stereocenters. The number of unbranched alkanes of at least 4 members (excludes halogenated alkanes) is 1. The van der Waals surface area contributed by atoms with Gasteiger partial charge in [0.25, 0.3) is 0 Å². The number of hydrogen-bond donors (Lipinski definition) is 1. The van der Waals surface area contributed by atoms with Crippen LogP contribution in [0.5, 0.6) is 0 Å². The highest BCUT2D eigenvalue weighted by atomic mass is 16.5. The van der Waals surface area contributed by atoms with Crippen molar-refractivity contribution in [3.05, 3.63) is 0 Å². The lowest BCUT2D eigenvalue weighted by molar-refractivity contribution is 0.0503. The second-order valence-electron chi connectivity index (χ2n) is 4.03. The second-order valence-corrected chi connectivity index (χ2v) is 4.03. The van der Waals surface area contributed by atoms with Crippen molar-refractivity contribution in [3.8, 4) is 12.3 Å². The third kappa shape index (κ3) is 3.32. The van der Waals surface area contributed by atoms with Gasteiger partial charge < -0.3 is 10.1 Å². The van der Waals surface area contributed by atoms with Gasteiger partial charge in [0.05, 0.1) is 6.10 Å². The Morgan fingerprint density at radius 1 is 1.57 bits per heavy atom. The van der Waals surface area contributed by atoms with Crippen LogP contribution in [0.2, 0.25) is 0 Å². The van der Waals surface area contributed by atoms with Crippen LogP contribution >= 0.6 is 0 Å². The first-order valence-electron chi connectivity index (χ1n) is 5.47. The Bertz CT molecular complexity index is 193. The predicted molar refractivity (Wildman–Crippen MR) is 59.1 cm³/mol. The van der Waals surface area contributed by atoms with Gasteiger partial charge in [-0.05, 0) is 38.6 Å². The summed E-state index contributed by atoms with van der Waals surface area (Å²) in [6, 6.07) is 0.473. The Kier molecular flexibility index (Phi) is 5.00. The van der Waals surface area contributed by atoms with Crippen LogP contribution in [0.1, 0.15) is 32.1 Å². The van der Waals surface area contributed by atoms with Crippen molar-refractivity contribution in [2.24, 2.45) is 5.92 Å². The third-order valence-corrected chi connectivity index (χ3v) is 2.96. The minimum atomic E-state index is 0.387. The van der Waals surface area contributed by atoms with Gasteiger partial charge >= 0.3 is 0 Å². The molecule has 1 saturated carbocycles. The molecule has 0 radical (unpaired) electrons. The molecule has 80 valence electrons. The molecule has 14 heavy (non-hydrogen) atoms. The van der Waals surface area contributed by atoms with E-state index in [2.05, 4.69) is 11.2 Å². The summed E-state index contributed by atoms with van der Waals surface area (Å²) in [5, 5.41) is 3.34. The van der Waals surface area contributed by atoms with Gasteiger partial charge in [0, 0.05) is 19.6 Å². The number of hydrogen-bond acceptors (Lipinski definition) is 2. The van der Waals surface area contributed by atoms with Crippen LogP contribution in [0.25, 0.3) is 0 Å². The fraction of sp³-hybridized carbons (Fsp3) is 0.833. The molecule has 0 heterocycles. The van der Waals surface area contributed by atoms with E-state index in [0.29, 0.717) is 12.1 Å². The van der Waals surface area contributed by atoms with Crippen LogP contribution in [0, 0.1) is 18.3 Å². The van der Waals surface area contributed by atoms with Crippen LogP contribution in [0.3, 0.4) is 0 Å². The van der Waals surface area contributed by atoms with E-state index >= 15 is 0 Å². The minimum absolute atomic E-state index is 0.387. The minimum Gasteiger partial charge on any atom is -0.380 e. The summed E-state index contributed by atoms with van der Waals surface area (Å²) in [4.78, 5) is 0. The summed E-state index contributed by atoms with van der Waals surface area (Å²) in [6.07, 6.45) is 11.4. The molecule has 1 fully saturated rings. The molecular formula is C12H21NO. The Morgan fingerprint density at radius 2 is 2.29 bits per heavy atom. The monoisotopic (exact) mass is 195 g/mol. The van der Waals surface area contributed by atoms with E-state index in [1.165, 1.54) is 12.8 Å². The number of terminal acetylenes is 1. The van der Waals surface area contributed by atoms with Crippen molar-refractivity contribution in [2.45, 2.75) is 44.2 Å². The van der Waals surface area contributed by atoms with Crippen molar-refractivity contribution in [2.75, 3.05) is 14.2 Å². The van der Waals surface area contributed by atoms with Gasteiger partial charge in [-0.1, -0.05) is 0 Å². The van der Waals surface area contributed by atoms with Crippen LogP contribution in [-0.2, 0) is 4.74 Å².